The van der Waals surface area contributed by atoms with E-state index in [-0.39, 0.29) is 11.1 Å². The molecule has 4 aromatic carbocycles. The van der Waals surface area contributed by atoms with Gasteiger partial charge in [0.15, 0.2) is 5.78 Å². The van der Waals surface area contributed by atoms with Gasteiger partial charge in [-0.15, -0.1) is 23.2 Å². The molecule has 10 nitrogen and oxygen atoms in total. The molecule has 0 aliphatic rings. The number of carbonyl (C=O) groups is 4. The third-order valence-electron chi connectivity index (χ3n) is 6.62. The number of esters is 2. The predicted molar refractivity (Wildman–Crippen MR) is 224 cm³/mol. The highest BCUT2D eigenvalue weighted by Crippen LogP contribution is 2.27. The molecule has 0 aliphatic heterocycles. The Balaban J connectivity index is 0.000000767. The van der Waals surface area contributed by atoms with E-state index in [0.717, 1.165) is 17.1 Å². The number of halogens is 6. The van der Waals surface area contributed by atoms with Crippen LogP contribution in [0.15, 0.2) is 91.0 Å². The van der Waals surface area contributed by atoms with Crippen LogP contribution in [0.1, 0.15) is 47.0 Å². The van der Waals surface area contributed by atoms with Gasteiger partial charge >= 0.3 is 23.3 Å². The Morgan fingerprint density at radius 1 is 0.593 bits per heavy atom. The lowest BCUT2D eigenvalue weighted by atomic mass is 10.0. The van der Waals surface area contributed by atoms with Crippen molar-refractivity contribution in [1.29, 1.82) is 0 Å². The summed E-state index contributed by atoms with van der Waals surface area (Å²) >= 11 is 13.0. The van der Waals surface area contributed by atoms with Gasteiger partial charge in [0.05, 0.1) is 50.5 Å². The average molecular weight is 881 g/mol. The highest BCUT2D eigenvalue weighted by molar-refractivity contribution is 7.54. The first-order chi connectivity index (χ1) is 25.5. The Morgan fingerprint density at radius 2 is 1.00 bits per heavy atom. The van der Waals surface area contributed by atoms with E-state index in [1.165, 1.54) is 45.6 Å². The van der Waals surface area contributed by atoms with Crippen LogP contribution in [0.4, 0.5) is 11.4 Å². The molecule has 4 aromatic rings. The van der Waals surface area contributed by atoms with Gasteiger partial charge in [-0.3, -0.25) is 9.59 Å². The van der Waals surface area contributed by atoms with Crippen LogP contribution in [0.5, 0.6) is 11.5 Å². The molecule has 0 amide bonds. The van der Waals surface area contributed by atoms with Crippen LogP contribution >= 0.6 is 65.0 Å². The second-order valence-electron chi connectivity index (χ2n) is 10.5. The number of ketones is 1. The molecule has 0 radical (unpaired) electrons. The van der Waals surface area contributed by atoms with E-state index in [2.05, 4.69) is 9.47 Å². The minimum atomic E-state index is -1.72. The van der Waals surface area contributed by atoms with Gasteiger partial charge in [0.1, 0.15) is 11.5 Å². The van der Waals surface area contributed by atoms with Crippen molar-refractivity contribution in [2.45, 2.75) is 0 Å². The topological polar surface area (TPSA) is 112 Å². The molecule has 0 heterocycles. The normalized spacial score (nSPS) is 9.30. The number of anilines is 2. The Kier molecular flexibility index (Phi) is 26.3. The van der Waals surface area contributed by atoms with Gasteiger partial charge < -0.3 is 28.7 Å². The molecule has 0 spiro atoms. The van der Waals surface area contributed by atoms with Gasteiger partial charge in [-0.05, 0) is 72.3 Å². The summed E-state index contributed by atoms with van der Waals surface area (Å²) in [4.78, 5) is 49.7. The van der Waals surface area contributed by atoms with E-state index in [4.69, 9.17) is 74.4 Å². The molecule has 0 atom stereocenters. The van der Waals surface area contributed by atoms with Crippen LogP contribution in [-0.2, 0) is 9.47 Å². The van der Waals surface area contributed by atoms with Gasteiger partial charge in [-0.2, -0.15) is 0 Å². The van der Waals surface area contributed by atoms with Crippen molar-refractivity contribution in [3.05, 3.63) is 119 Å². The standard InChI is InChI=1S/C18H19NO4.C9H7ClO3.C9H13NO.CH2Cl2.Al.3ClH/c1-19(2)14-9-10-15(16(11-14)22-3)17(20)12-5-7-13(8-6-12)18(21)23-4;1-13-9(12)7-4-2-6(3-5-7)8(10)11;1-10(2)8-5-4-6-9(7-8)11-3;2-1-3;;;;/h5-11H,1-4H3;2-5H,1H3;4-7H,1-3H3;1H2;;3*1H/q;;;;+3;;;/p-3. The van der Waals surface area contributed by atoms with Crippen molar-refractivity contribution < 1.29 is 38.1 Å². The summed E-state index contributed by atoms with van der Waals surface area (Å²) < 4.78 is 19.5. The van der Waals surface area contributed by atoms with E-state index in [1.54, 1.807) is 37.4 Å². The zero-order chi connectivity index (χ0) is 41.4. The van der Waals surface area contributed by atoms with Crippen LogP contribution < -0.4 is 19.3 Å². The summed E-state index contributed by atoms with van der Waals surface area (Å²) in [7, 11) is 28.5. The molecule has 17 heteroatoms. The highest BCUT2D eigenvalue weighted by atomic mass is 35.8. The monoisotopic (exact) mass is 878 g/mol. The lowest BCUT2D eigenvalue weighted by Gasteiger charge is -2.15. The minimum absolute atomic E-state index is 0.163. The lowest BCUT2D eigenvalue weighted by Crippen LogP contribution is -2.10. The van der Waals surface area contributed by atoms with Crippen molar-refractivity contribution in [3.8, 4) is 11.5 Å². The number of carbonyl (C=O) groups excluding carboxylic acids is 4. The Bertz CT molecular complexity index is 1740. The van der Waals surface area contributed by atoms with Gasteiger partial charge in [0.2, 0.25) is 0 Å². The summed E-state index contributed by atoms with van der Waals surface area (Å²) in [6, 6.07) is 25.6. The largest absolute Gasteiger partial charge is 0.643 e. The van der Waals surface area contributed by atoms with E-state index >= 15 is 0 Å². The molecule has 292 valence electrons. The van der Waals surface area contributed by atoms with Gasteiger partial charge in [0.25, 0.3) is 5.24 Å². The third kappa shape index (κ3) is 19.3. The molecule has 0 aliphatic carbocycles. The Hall–Kier alpha value is -3.37. The first kappa shape index (κ1) is 50.6. The summed E-state index contributed by atoms with van der Waals surface area (Å²) in [5, 5.41) is -0.351. The highest BCUT2D eigenvalue weighted by Gasteiger charge is 2.16. The maximum absolute atomic E-state index is 12.6. The number of ether oxygens (including phenoxy) is 4. The second kappa shape index (κ2) is 28.1. The summed E-state index contributed by atoms with van der Waals surface area (Å²) in [6.45, 7) is 0. The smallest absolute Gasteiger partial charge is 0.497 e. The third-order valence-corrected chi connectivity index (χ3v) is 6.84. The Labute approximate surface area is 348 Å². The van der Waals surface area contributed by atoms with Crippen molar-refractivity contribution in [3.63, 3.8) is 0 Å². The van der Waals surface area contributed by atoms with Crippen LogP contribution in [0, 0.1) is 0 Å². The number of methoxy groups -OCH3 is 4. The molecule has 0 unspecified atom stereocenters. The van der Waals surface area contributed by atoms with E-state index in [9.17, 15) is 19.2 Å². The van der Waals surface area contributed by atoms with Crippen LogP contribution in [0.3, 0.4) is 0 Å². The summed E-state index contributed by atoms with van der Waals surface area (Å²) in [5.41, 5.74) is 4.21. The van der Waals surface area contributed by atoms with Crippen LogP contribution in [0.25, 0.3) is 0 Å². The first-order valence-electron chi connectivity index (χ1n) is 15.3. The minimum Gasteiger partial charge on any atom is -0.497 e. The van der Waals surface area contributed by atoms with E-state index in [1.807, 2.05) is 74.4 Å². The van der Waals surface area contributed by atoms with Gasteiger partial charge in [-0.25, -0.2) is 39.7 Å². The molecule has 0 bridgehead atoms. The molecular weight excluding hydrogens is 840 g/mol. The second-order valence-corrected chi connectivity index (χ2v) is 18.0. The quantitative estimate of drug-likeness (QED) is 0.0530. The van der Waals surface area contributed by atoms with Crippen molar-refractivity contribution in [2.75, 3.05) is 71.8 Å². The van der Waals surface area contributed by atoms with Crippen LogP contribution in [-0.4, -0.2) is 96.3 Å². The number of nitrogens with zero attached hydrogens (tertiary/aromatic N) is 2. The number of benzene rings is 4. The zero-order valence-electron chi connectivity index (χ0n) is 30.9. The SMILES string of the molecule is COC(=O)c1ccc(C(=O)Cl)cc1.COC(=O)c1ccc(C(=O)c2ccc(N(C)C)cc2OC)cc1.COc1cccc(N(C)C)c1.ClCCl.[Cl][Al]([Cl])[Cl]. The maximum atomic E-state index is 12.6. The molecular formula is C37H41AlCl6N2O8. The molecule has 54 heavy (non-hydrogen) atoms. The van der Waals surface area contributed by atoms with E-state index < -0.39 is 28.6 Å². The Morgan fingerprint density at radius 3 is 1.37 bits per heavy atom. The fraction of sp³-hybridized carbons (Fsp3) is 0.243. The van der Waals surface area contributed by atoms with Crippen molar-refractivity contribution >= 4 is 111 Å². The predicted octanol–water partition coefficient (Wildman–Crippen LogP) is 9.50. The molecule has 0 N–H and O–H groups in total. The van der Waals surface area contributed by atoms with Gasteiger partial charge in [-0.1, -0.05) is 18.2 Å². The maximum Gasteiger partial charge on any atom is 0.643 e. The molecule has 0 aromatic heterocycles. The van der Waals surface area contributed by atoms with Crippen molar-refractivity contribution in [2.24, 2.45) is 0 Å². The average Bonchev–Trinajstić information content (AvgIpc) is 3.17. The van der Waals surface area contributed by atoms with Gasteiger partial charge in [0, 0.05) is 62.8 Å². The number of hydrogen-bond acceptors (Lipinski definition) is 10. The molecule has 0 saturated heterocycles. The summed E-state index contributed by atoms with van der Waals surface area (Å²) in [5.74, 6) is 0.378. The first-order valence-corrected chi connectivity index (χ1v) is 22.0. The zero-order valence-corrected chi connectivity index (χ0v) is 36.6. The lowest BCUT2D eigenvalue weighted by molar-refractivity contribution is 0.0592. The fourth-order valence-corrected chi connectivity index (χ4v) is 4.05. The van der Waals surface area contributed by atoms with E-state index in [0.29, 0.717) is 33.6 Å². The molecule has 4 rings (SSSR count). The molecule has 0 fully saturated rings. The number of hydrogen-bond donors (Lipinski definition) is 0. The fourth-order valence-electron chi connectivity index (χ4n) is 3.92. The number of rotatable bonds is 9. The molecule has 0 saturated carbocycles. The van der Waals surface area contributed by atoms with Crippen LogP contribution in [0.2, 0.25) is 0 Å². The summed E-state index contributed by atoms with van der Waals surface area (Å²) in [6.07, 6.45) is 0. The van der Waals surface area contributed by atoms with Crippen molar-refractivity contribution in [1.82, 2.24) is 0 Å². The number of alkyl halides is 2.